The maximum absolute atomic E-state index is 12.1. The Labute approximate surface area is 142 Å². The summed E-state index contributed by atoms with van der Waals surface area (Å²) in [7, 11) is 2.07. The van der Waals surface area contributed by atoms with Crippen LogP contribution in [0.25, 0.3) is 6.08 Å². The van der Waals surface area contributed by atoms with Crippen LogP contribution in [-0.4, -0.2) is 29.9 Å². The van der Waals surface area contributed by atoms with Crippen molar-refractivity contribution in [3.05, 3.63) is 64.4 Å². The van der Waals surface area contributed by atoms with Gasteiger partial charge in [-0.2, -0.15) is 0 Å². The van der Waals surface area contributed by atoms with E-state index < -0.39 is 0 Å². The van der Waals surface area contributed by atoms with Crippen molar-refractivity contribution in [3.63, 3.8) is 0 Å². The molecule has 23 heavy (non-hydrogen) atoms. The highest BCUT2D eigenvalue weighted by atomic mass is 32.1. The van der Waals surface area contributed by atoms with Crippen LogP contribution < -0.4 is 5.32 Å². The van der Waals surface area contributed by atoms with Crippen LogP contribution in [0.1, 0.15) is 24.3 Å². The van der Waals surface area contributed by atoms with Crippen molar-refractivity contribution < 1.29 is 4.79 Å². The maximum Gasteiger partial charge on any atom is 0.244 e. The Kier molecular flexibility index (Phi) is 6.13. The molecule has 3 nitrogen and oxygen atoms in total. The number of amides is 1. The molecule has 1 amide bonds. The summed E-state index contributed by atoms with van der Waals surface area (Å²) in [5, 5.41) is 5.07. The van der Waals surface area contributed by atoms with Crippen molar-refractivity contribution in [2.75, 3.05) is 13.6 Å². The molecule has 1 N–H and O–H groups in total. The summed E-state index contributed by atoms with van der Waals surface area (Å²) in [4.78, 5) is 15.4. The van der Waals surface area contributed by atoms with Gasteiger partial charge in [-0.25, -0.2) is 0 Å². The molecule has 1 aromatic carbocycles. The summed E-state index contributed by atoms with van der Waals surface area (Å²) in [6, 6.07) is 14.3. The van der Waals surface area contributed by atoms with E-state index in [1.165, 1.54) is 5.56 Å². The predicted octanol–water partition coefficient (Wildman–Crippen LogP) is 3.79. The van der Waals surface area contributed by atoms with E-state index in [-0.39, 0.29) is 11.4 Å². The summed E-state index contributed by atoms with van der Waals surface area (Å²) in [6.45, 7) is 5.74. The van der Waals surface area contributed by atoms with E-state index in [2.05, 4.69) is 29.4 Å². The summed E-state index contributed by atoms with van der Waals surface area (Å²) < 4.78 is 0. The van der Waals surface area contributed by atoms with E-state index in [0.717, 1.165) is 18.0 Å². The van der Waals surface area contributed by atoms with Crippen LogP contribution in [0.3, 0.4) is 0 Å². The number of carbonyl (C=O) groups is 1. The largest absolute Gasteiger partial charge is 0.346 e. The van der Waals surface area contributed by atoms with Gasteiger partial charge in [0.15, 0.2) is 0 Å². The summed E-state index contributed by atoms with van der Waals surface area (Å²) >= 11 is 1.62. The van der Waals surface area contributed by atoms with E-state index >= 15 is 0 Å². The van der Waals surface area contributed by atoms with E-state index in [0.29, 0.717) is 0 Å². The van der Waals surface area contributed by atoms with E-state index in [1.807, 2.05) is 55.6 Å². The molecule has 0 aliphatic carbocycles. The van der Waals surface area contributed by atoms with Gasteiger partial charge in [0.2, 0.25) is 5.91 Å². The zero-order valence-electron chi connectivity index (χ0n) is 14.0. The third-order valence-electron chi connectivity index (χ3n) is 3.36. The molecular weight excluding hydrogens is 304 g/mol. The first-order chi connectivity index (χ1) is 10.9. The van der Waals surface area contributed by atoms with Crippen molar-refractivity contribution in [1.29, 1.82) is 0 Å². The number of hydrogen-bond acceptors (Lipinski definition) is 3. The number of carbonyl (C=O) groups excluding carboxylic acids is 1. The lowest BCUT2D eigenvalue weighted by atomic mass is 10.0. The van der Waals surface area contributed by atoms with Gasteiger partial charge >= 0.3 is 0 Å². The summed E-state index contributed by atoms with van der Waals surface area (Å²) in [6.07, 6.45) is 3.45. The third kappa shape index (κ3) is 6.38. The Morgan fingerprint density at radius 1 is 1.22 bits per heavy atom. The van der Waals surface area contributed by atoms with Crippen LogP contribution in [0.4, 0.5) is 0 Å². The van der Waals surface area contributed by atoms with Gasteiger partial charge < -0.3 is 5.32 Å². The van der Waals surface area contributed by atoms with Gasteiger partial charge in [-0.1, -0.05) is 36.4 Å². The van der Waals surface area contributed by atoms with Crippen molar-refractivity contribution in [3.8, 4) is 0 Å². The lowest BCUT2D eigenvalue weighted by Gasteiger charge is -2.31. The molecule has 0 radical (unpaired) electrons. The Bertz CT molecular complexity index is 633. The fourth-order valence-electron chi connectivity index (χ4n) is 2.58. The maximum atomic E-state index is 12.1. The topological polar surface area (TPSA) is 32.3 Å². The first kappa shape index (κ1) is 17.4. The minimum atomic E-state index is -0.291. The molecule has 0 spiro atoms. The molecule has 1 heterocycles. The SMILES string of the molecule is CN(Cc1ccccc1)CC(C)(C)NC(=O)/C=C/c1cccs1. The number of rotatable bonds is 7. The van der Waals surface area contributed by atoms with Crippen molar-refractivity contribution in [2.45, 2.75) is 25.9 Å². The van der Waals surface area contributed by atoms with Crippen LogP contribution in [0.15, 0.2) is 53.9 Å². The average Bonchev–Trinajstić information content (AvgIpc) is 2.98. The van der Waals surface area contributed by atoms with Crippen LogP contribution in [0.2, 0.25) is 0 Å². The van der Waals surface area contributed by atoms with Gasteiger partial charge in [-0.05, 0) is 44.0 Å². The minimum absolute atomic E-state index is 0.0588. The lowest BCUT2D eigenvalue weighted by Crippen LogP contribution is -2.50. The highest BCUT2D eigenvalue weighted by molar-refractivity contribution is 7.10. The molecule has 0 saturated heterocycles. The van der Waals surface area contributed by atoms with E-state index in [9.17, 15) is 4.79 Å². The molecule has 122 valence electrons. The van der Waals surface area contributed by atoms with Gasteiger partial charge in [-0.3, -0.25) is 9.69 Å². The number of thiophene rings is 1. The number of hydrogen-bond donors (Lipinski definition) is 1. The molecule has 0 saturated carbocycles. The van der Waals surface area contributed by atoms with Gasteiger partial charge in [0.1, 0.15) is 0 Å². The lowest BCUT2D eigenvalue weighted by molar-refractivity contribution is -0.118. The van der Waals surface area contributed by atoms with E-state index in [1.54, 1.807) is 17.4 Å². The minimum Gasteiger partial charge on any atom is -0.346 e. The van der Waals surface area contributed by atoms with Gasteiger partial charge in [0, 0.05) is 29.6 Å². The molecule has 0 aliphatic heterocycles. The Morgan fingerprint density at radius 3 is 2.61 bits per heavy atom. The second-order valence-corrected chi connectivity index (χ2v) is 7.36. The van der Waals surface area contributed by atoms with Gasteiger partial charge in [-0.15, -0.1) is 11.3 Å². The first-order valence-electron chi connectivity index (χ1n) is 7.71. The van der Waals surface area contributed by atoms with Crippen LogP contribution in [-0.2, 0) is 11.3 Å². The number of likely N-dealkylation sites (N-methyl/N-ethyl adjacent to an activating group) is 1. The molecule has 4 heteroatoms. The van der Waals surface area contributed by atoms with Crippen molar-refractivity contribution in [1.82, 2.24) is 10.2 Å². The normalized spacial score (nSPS) is 12.0. The molecule has 2 aromatic rings. The molecule has 0 fully saturated rings. The molecule has 0 atom stereocenters. The zero-order valence-corrected chi connectivity index (χ0v) is 14.8. The van der Waals surface area contributed by atoms with Crippen LogP contribution >= 0.6 is 11.3 Å². The fourth-order valence-corrected chi connectivity index (χ4v) is 3.20. The number of nitrogens with zero attached hydrogens (tertiary/aromatic N) is 1. The van der Waals surface area contributed by atoms with Crippen LogP contribution in [0.5, 0.6) is 0 Å². The fraction of sp³-hybridized carbons (Fsp3) is 0.316. The summed E-state index contributed by atoms with van der Waals surface area (Å²) in [5.41, 5.74) is 0.982. The monoisotopic (exact) mass is 328 g/mol. The highest BCUT2D eigenvalue weighted by Crippen LogP contribution is 2.11. The second-order valence-electron chi connectivity index (χ2n) is 6.38. The number of nitrogens with one attached hydrogen (secondary N) is 1. The predicted molar refractivity (Wildman–Crippen MR) is 98.4 cm³/mol. The zero-order chi connectivity index (χ0) is 16.7. The Hall–Kier alpha value is -1.91. The number of benzene rings is 1. The molecule has 0 unspecified atom stereocenters. The van der Waals surface area contributed by atoms with Gasteiger partial charge in [0.05, 0.1) is 0 Å². The van der Waals surface area contributed by atoms with Gasteiger partial charge in [0.25, 0.3) is 0 Å². The Balaban J connectivity index is 1.84. The first-order valence-corrected chi connectivity index (χ1v) is 8.59. The quantitative estimate of drug-likeness (QED) is 0.784. The smallest absolute Gasteiger partial charge is 0.244 e. The second kappa shape index (κ2) is 8.09. The summed E-state index contributed by atoms with van der Waals surface area (Å²) in [5.74, 6) is -0.0588. The molecular formula is C19H24N2OS. The molecule has 1 aromatic heterocycles. The molecule has 0 aliphatic rings. The van der Waals surface area contributed by atoms with Crippen LogP contribution in [0, 0.1) is 0 Å². The average molecular weight is 328 g/mol. The van der Waals surface area contributed by atoms with Crippen molar-refractivity contribution >= 4 is 23.3 Å². The van der Waals surface area contributed by atoms with E-state index in [4.69, 9.17) is 0 Å². The molecule has 0 bridgehead atoms. The Morgan fingerprint density at radius 2 is 1.96 bits per heavy atom. The highest BCUT2D eigenvalue weighted by Gasteiger charge is 2.21. The van der Waals surface area contributed by atoms with Crippen molar-refractivity contribution in [2.24, 2.45) is 0 Å². The third-order valence-corrected chi connectivity index (χ3v) is 4.20. The standard InChI is InChI=1S/C19H24N2OS/c1-19(2,15-21(3)14-16-8-5-4-6-9-16)20-18(22)12-11-17-10-7-13-23-17/h4-13H,14-15H2,1-3H3,(H,20,22)/b12-11+. The molecule has 2 rings (SSSR count).